The quantitative estimate of drug-likeness (QED) is 0.794. The highest BCUT2D eigenvalue weighted by Crippen LogP contribution is 2.25. The lowest BCUT2D eigenvalue weighted by molar-refractivity contribution is -0.126. The molecule has 4 nitrogen and oxygen atoms in total. The van der Waals surface area contributed by atoms with E-state index in [4.69, 9.17) is 0 Å². The Morgan fingerprint density at radius 1 is 1.09 bits per heavy atom. The van der Waals surface area contributed by atoms with Crippen LogP contribution in [-0.2, 0) is 10.2 Å². The van der Waals surface area contributed by atoms with Gasteiger partial charge in [-0.25, -0.2) is 0 Å². The van der Waals surface area contributed by atoms with E-state index in [9.17, 15) is 15.0 Å². The van der Waals surface area contributed by atoms with Gasteiger partial charge in [0, 0.05) is 6.54 Å². The molecule has 0 heterocycles. The van der Waals surface area contributed by atoms with Crippen molar-refractivity contribution in [1.82, 2.24) is 5.32 Å². The van der Waals surface area contributed by atoms with Gasteiger partial charge in [0.25, 0.3) is 0 Å². The molecular formula is C18H21NO3. The number of aliphatic hydroxyl groups excluding tert-OH is 1. The van der Waals surface area contributed by atoms with E-state index in [0.717, 1.165) is 11.1 Å². The third-order valence-corrected chi connectivity index (χ3v) is 3.80. The molecular weight excluding hydrogens is 278 g/mol. The lowest BCUT2D eigenvalue weighted by atomic mass is 9.83. The number of phenolic OH excluding ortho intramolecular Hbond substituents is 1. The topological polar surface area (TPSA) is 69.6 Å². The summed E-state index contributed by atoms with van der Waals surface area (Å²) in [6, 6.07) is 15.8. The zero-order valence-electron chi connectivity index (χ0n) is 12.8. The average molecular weight is 299 g/mol. The zero-order chi connectivity index (χ0) is 16.2. The molecule has 0 spiro atoms. The molecule has 0 aliphatic carbocycles. The number of aromatic hydroxyl groups is 1. The summed E-state index contributed by atoms with van der Waals surface area (Å²) in [4.78, 5) is 12.4. The molecule has 4 heteroatoms. The second-order valence-corrected chi connectivity index (χ2v) is 5.81. The molecule has 0 fully saturated rings. The van der Waals surface area contributed by atoms with E-state index < -0.39 is 11.5 Å². The van der Waals surface area contributed by atoms with Gasteiger partial charge in [0.05, 0.1) is 11.5 Å². The van der Waals surface area contributed by atoms with Crippen molar-refractivity contribution in [2.24, 2.45) is 0 Å². The Morgan fingerprint density at radius 2 is 1.68 bits per heavy atom. The van der Waals surface area contributed by atoms with Gasteiger partial charge in [-0.2, -0.15) is 0 Å². The summed E-state index contributed by atoms with van der Waals surface area (Å²) in [5.41, 5.74) is 0.826. The van der Waals surface area contributed by atoms with Gasteiger partial charge in [0.2, 0.25) is 5.91 Å². The Bertz CT molecular complexity index is 621. The molecule has 1 amide bonds. The standard InChI is InChI=1S/C18H21NO3/c1-18(2,14-8-10-15(20)11-9-14)17(22)19-12-16(21)13-6-4-3-5-7-13/h3-11,16,20-21H,12H2,1-2H3,(H,19,22)/t16-/m0/s1. The summed E-state index contributed by atoms with van der Waals surface area (Å²) in [5, 5.41) is 22.2. The highest BCUT2D eigenvalue weighted by atomic mass is 16.3. The first-order valence-corrected chi connectivity index (χ1v) is 7.22. The minimum absolute atomic E-state index is 0.157. The van der Waals surface area contributed by atoms with E-state index in [2.05, 4.69) is 5.32 Å². The highest BCUT2D eigenvalue weighted by molar-refractivity contribution is 5.87. The lowest BCUT2D eigenvalue weighted by Crippen LogP contribution is -2.41. The lowest BCUT2D eigenvalue weighted by Gasteiger charge is -2.25. The fourth-order valence-electron chi connectivity index (χ4n) is 2.21. The molecule has 0 bridgehead atoms. The normalized spacial score (nSPS) is 12.7. The van der Waals surface area contributed by atoms with E-state index in [0.29, 0.717) is 0 Å². The second kappa shape index (κ2) is 6.62. The van der Waals surface area contributed by atoms with Crippen molar-refractivity contribution < 1.29 is 15.0 Å². The predicted molar refractivity (Wildman–Crippen MR) is 85.5 cm³/mol. The Kier molecular flexibility index (Phi) is 4.83. The smallest absolute Gasteiger partial charge is 0.230 e. The van der Waals surface area contributed by atoms with Crippen LogP contribution in [0.4, 0.5) is 0 Å². The minimum Gasteiger partial charge on any atom is -0.508 e. The summed E-state index contributed by atoms with van der Waals surface area (Å²) in [7, 11) is 0. The molecule has 2 aromatic carbocycles. The van der Waals surface area contributed by atoms with E-state index in [1.54, 1.807) is 24.3 Å². The Labute approximate surface area is 130 Å². The van der Waals surface area contributed by atoms with Gasteiger partial charge in [0.15, 0.2) is 0 Å². The van der Waals surface area contributed by atoms with Gasteiger partial charge in [-0.3, -0.25) is 4.79 Å². The molecule has 116 valence electrons. The average Bonchev–Trinajstić information content (AvgIpc) is 2.53. The molecule has 0 radical (unpaired) electrons. The SMILES string of the molecule is CC(C)(C(=O)NC[C@H](O)c1ccccc1)c1ccc(O)cc1. The van der Waals surface area contributed by atoms with Crippen molar-refractivity contribution >= 4 is 5.91 Å². The van der Waals surface area contributed by atoms with E-state index in [1.807, 2.05) is 44.2 Å². The maximum absolute atomic E-state index is 12.4. The molecule has 3 N–H and O–H groups in total. The van der Waals surface area contributed by atoms with Gasteiger partial charge in [0.1, 0.15) is 5.75 Å². The maximum atomic E-state index is 12.4. The van der Waals surface area contributed by atoms with E-state index in [-0.39, 0.29) is 18.2 Å². The molecule has 0 aliphatic heterocycles. The van der Waals surface area contributed by atoms with Crippen LogP contribution in [0, 0.1) is 0 Å². The van der Waals surface area contributed by atoms with Gasteiger partial charge in [-0.15, -0.1) is 0 Å². The Morgan fingerprint density at radius 3 is 2.27 bits per heavy atom. The van der Waals surface area contributed by atoms with Crippen LogP contribution in [0.3, 0.4) is 0 Å². The summed E-state index contributed by atoms with van der Waals surface area (Å²) in [6.45, 7) is 3.78. The van der Waals surface area contributed by atoms with Crippen LogP contribution in [0.5, 0.6) is 5.75 Å². The van der Waals surface area contributed by atoms with Crippen molar-refractivity contribution in [3.05, 3.63) is 65.7 Å². The van der Waals surface area contributed by atoms with Crippen LogP contribution in [0.1, 0.15) is 31.1 Å². The first-order chi connectivity index (χ1) is 10.4. The Balaban J connectivity index is 2.00. The summed E-state index contributed by atoms with van der Waals surface area (Å²) >= 11 is 0. The van der Waals surface area contributed by atoms with Crippen molar-refractivity contribution in [1.29, 1.82) is 0 Å². The monoisotopic (exact) mass is 299 g/mol. The van der Waals surface area contributed by atoms with Gasteiger partial charge in [-0.05, 0) is 37.1 Å². The van der Waals surface area contributed by atoms with E-state index >= 15 is 0 Å². The fraction of sp³-hybridized carbons (Fsp3) is 0.278. The molecule has 0 aromatic heterocycles. The number of phenols is 1. The van der Waals surface area contributed by atoms with Crippen molar-refractivity contribution in [3.8, 4) is 5.75 Å². The molecule has 22 heavy (non-hydrogen) atoms. The minimum atomic E-state index is -0.746. The van der Waals surface area contributed by atoms with Crippen LogP contribution in [0.25, 0.3) is 0 Å². The van der Waals surface area contributed by atoms with Crippen LogP contribution >= 0.6 is 0 Å². The molecule has 2 rings (SSSR count). The van der Waals surface area contributed by atoms with Crippen molar-refractivity contribution in [2.75, 3.05) is 6.54 Å². The molecule has 0 saturated carbocycles. The number of benzene rings is 2. The molecule has 0 unspecified atom stereocenters. The van der Waals surface area contributed by atoms with Crippen LogP contribution in [0.2, 0.25) is 0 Å². The Hall–Kier alpha value is -2.33. The third kappa shape index (κ3) is 3.65. The van der Waals surface area contributed by atoms with Crippen LogP contribution in [-0.4, -0.2) is 22.7 Å². The van der Waals surface area contributed by atoms with Crippen molar-refractivity contribution in [3.63, 3.8) is 0 Å². The first-order valence-electron chi connectivity index (χ1n) is 7.22. The summed E-state index contributed by atoms with van der Waals surface area (Å²) in [6.07, 6.45) is -0.735. The number of aliphatic hydroxyl groups is 1. The number of nitrogens with one attached hydrogen (secondary N) is 1. The van der Waals surface area contributed by atoms with Crippen molar-refractivity contribution in [2.45, 2.75) is 25.4 Å². The number of hydrogen-bond donors (Lipinski definition) is 3. The largest absolute Gasteiger partial charge is 0.508 e. The first kappa shape index (κ1) is 16.0. The number of rotatable bonds is 5. The van der Waals surface area contributed by atoms with Gasteiger partial charge >= 0.3 is 0 Å². The number of amides is 1. The number of carbonyl (C=O) groups excluding carboxylic acids is 1. The van der Waals surface area contributed by atoms with Gasteiger partial charge in [-0.1, -0.05) is 42.5 Å². The number of hydrogen-bond acceptors (Lipinski definition) is 3. The highest BCUT2D eigenvalue weighted by Gasteiger charge is 2.29. The van der Waals surface area contributed by atoms with Crippen LogP contribution < -0.4 is 5.32 Å². The second-order valence-electron chi connectivity index (χ2n) is 5.81. The molecule has 2 aromatic rings. The fourth-order valence-corrected chi connectivity index (χ4v) is 2.21. The van der Waals surface area contributed by atoms with E-state index in [1.165, 1.54) is 0 Å². The molecule has 1 atom stereocenters. The third-order valence-electron chi connectivity index (χ3n) is 3.80. The maximum Gasteiger partial charge on any atom is 0.230 e. The predicted octanol–water partition coefficient (Wildman–Crippen LogP) is 2.52. The molecule has 0 aliphatic rings. The zero-order valence-corrected chi connectivity index (χ0v) is 12.8. The molecule has 0 saturated heterocycles. The van der Waals surface area contributed by atoms with Gasteiger partial charge < -0.3 is 15.5 Å². The van der Waals surface area contributed by atoms with Crippen LogP contribution in [0.15, 0.2) is 54.6 Å². The summed E-state index contributed by atoms with van der Waals surface area (Å²) < 4.78 is 0. The summed E-state index contributed by atoms with van der Waals surface area (Å²) in [5.74, 6) is -0.00683. The number of carbonyl (C=O) groups is 1.